The fourth-order valence-corrected chi connectivity index (χ4v) is 2.39. The van der Waals surface area contributed by atoms with Gasteiger partial charge in [0.15, 0.2) is 0 Å². The molecule has 2 rings (SSSR count). The largest absolute Gasteiger partial charge is 0.398 e. The smallest absolute Gasteiger partial charge is 0.0406 e. The zero-order valence-corrected chi connectivity index (χ0v) is 11.1. The maximum Gasteiger partial charge on any atom is 0.0406 e. The average molecular weight is 246 g/mol. The van der Waals surface area contributed by atoms with Crippen molar-refractivity contribution < 1.29 is 0 Å². The summed E-state index contributed by atoms with van der Waals surface area (Å²) in [5, 5.41) is 0.754. The van der Waals surface area contributed by atoms with E-state index >= 15 is 0 Å². The Labute approximate surface area is 107 Å². The van der Waals surface area contributed by atoms with Crippen LogP contribution in [-0.4, -0.2) is 0 Å². The molecular weight excluding hydrogens is 230 g/mol. The van der Waals surface area contributed by atoms with Crippen LogP contribution in [0.3, 0.4) is 0 Å². The first-order valence-electron chi connectivity index (χ1n) is 5.63. The highest BCUT2D eigenvalue weighted by atomic mass is 35.5. The summed E-state index contributed by atoms with van der Waals surface area (Å²) in [6, 6.07) is 10.0. The van der Waals surface area contributed by atoms with Crippen molar-refractivity contribution in [3.63, 3.8) is 0 Å². The zero-order valence-electron chi connectivity index (χ0n) is 10.3. The molecule has 2 aromatic carbocycles. The van der Waals surface area contributed by atoms with E-state index in [1.807, 2.05) is 31.2 Å². The van der Waals surface area contributed by atoms with E-state index in [1.165, 1.54) is 11.1 Å². The third kappa shape index (κ3) is 2.16. The average Bonchev–Trinajstić information content (AvgIpc) is 2.29. The lowest BCUT2D eigenvalue weighted by Crippen LogP contribution is -1.98. The summed E-state index contributed by atoms with van der Waals surface area (Å²) in [7, 11) is 0. The van der Waals surface area contributed by atoms with E-state index in [1.54, 1.807) is 0 Å². The highest BCUT2D eigenvalue weighted by Crippen LogP contribution is 2.33. The van der Waals surface area contributed by atoms with Crippen molar-refractivity contribution in [2.45, 2.75) is 20.8 Å². The van der Waals surface area contributed by atoms with Crippen LogP contribution in [0.25, 0.3) is 11.1 Å². The second kappa shape index (κ2) is 4.42. The summed E-state index contributed by atoms with van der Waals surface area (Å²) in [5.74, 6) is 0. The molecule has 0 atom stereocenters. The molecule has 17 heavy (non-hydrogen) atoms. The highest BCUT2D eigenvalue weighted by Gasteiger charge is 2.10. The molecule has 0 unspecified atom stereocenters. The van der Waals surface area contributed by atoms with Gasteiger partial charge in [-0.25, -0.2) is 0 Å². The SMILES string of the molecule is Cc1cc(C)c(-c2ccc(Cl)cc2)c(C)c1N. The molecule has 0 spiro atoms. The molecule has 0 heterocycles. The zero-order chi connectivity index (χ0) is 12.6. The third-order valence-electron chi connectivity index (χ3n) is 3.16. The first kappa shape index (κ1) is 12.0. The molecule has 0 aliphatic carbocycles. The molecule has 2 heteroatoms. The molecule has 88 valence electrons. The van der Waals surface area contributed by atoms with Crippen LogP contribution < -0.4 is 5.73 Å². The number of benzene rings is 2. The molecule has 2 aromatic rings. The molecule has 1 nitrogen and oxygen atoms in total. The molecule has 0 aliphatic heterocycles. The molecule has 0 amide bonds. The fourth-order valence-electron chi connectivity index (χ4n) is 2.26. The monoisotopic (exact) mass is 245 g/mol. The number of aryl methyl sites for hydroxylation is 2. The van der Waals surface area contributed by atoms with Gasteiger partial charge in [0, 0.05) is 10.7 Å². The lowest BCUT2D eigenvalue weighted by molar-refractivity contribution is 1.32. The summed E-state index contributed by atoms with van der Waals surface area (Å²) in [4.78, 5) is 0. The van der Waals surface area contributed by atoms with Crippen molar-refractivity contribution >= 4 is 17.3 Å². The van der Waals surface area contributed by atoms with E-state index < -0.39 is 0 Å². The van der Waals surface area contributed by atoms with Gasteiger partial charge in [-0.1, -0.05) is 29.8 Å². The van der Waals surface area contributed by atoms with Crippen LogP contribution in [-0.2, 0) is 0 Å². The van der Waals surface area contributed by atoms with Gasteiger partial charge in [0.05, 0.1) is 0 Å². The van der Waals surface area contributed by atoms with Crippen LogP contribution in [0.4, 0.5) is 5.69 Å². The van der Waals surface area contributed by atoms with Crippen LogP contribution in [0.2, 0.25) is 5.02 Å². The normalized spacial score (nSPS) is 10.6. The second-order valence-corrected chi connectivity index (χ2v) is 4.87. The Hall–Kier alpha value is -1.47. The van der Waals surface area contributed by atoms with Crippen LogP contribution in [0.1, 0.15) is 16.7 Å². The summed E-state index contributed by atoms with van der Waals surface area (Å²) in [5.41, 5.74) is 12.9. The van der Waals surface area contributed by atoms with Crippen LogP contribution in [0, 0.1) is 20.8 Å². The molecule has 0 saturated carbocycles. The highest BCUT2D eigenvalue weighted by molar-refractivity contribution is 6.30. The van der Waals surface area contributed by atoms with Gasteiger partial charge in [0.1, 0.15) is 0 Å². The molecular formula is C15H16ClN. The fraction of sp³-hybridized carbons (Fsp3) is 0.200. The summed E-state index contributed by atoms with van der Waals surface area (Å²) in [6.07, 6.45) is 0. The quantitative estimate of drug-likeness (QED) is 0.735. The Bertz CT molecular complexity index is 556. The number of halogens is 1. The Morgan fingerprint density at radius 3 is 2.12 bits per heavy atom. The molecule has 0 fully saturated rings. The number of anilines is 1. The predicted molar refractivity (Wildman–Crippen MR) is 75.5 cm³/mol. The molecule has 0 saturated heterocycles. The lowest BCUT2D eigenvalue weighted by Gasteiger charge is -2.15. The van der Waals surface area contributed by atoms with Gasteiger partial charge in [-0.05, 0) is 60.7 Å². The number of nitrogens with two attached hydrogens (primary N) is 1. The maximum absolute atomic E-state index is 6.09. The summed E-state index contributed by atoms with van der Waals surface area (Å²) >= 11 is 5.91. The first-order valence-corrected chi connectivity index (χ1v) is 6.00. The van der Waals surface area contributed by atoms with Crippen molar-refractivity contribution in [2.75, 3.05) is 5.73 Å². The molecule has 0 radical (unpaired) electrons. The molecule has 2 N–H and O–H groups in total. The minimum Gasteiger partial charge on any atom is -0.398 e. The van der Waals surface area contributed by atoms with Crippen molar-refractivity contribution in [2.24, 2.45) is 0 Å². The molecule has 0 aliphatic rings. The number of hydrogen-bond donors (Lipinski definition) is 1. The van der Waals surface area contributed by atoms with Gasteiger partial charge < -0.3 is 5.73 Å². The van der Waals surface area contributed by atoms with Gasteiger partial charge in [0.2, 0.25) is 0 Å². The van der Waals surface area contributed by atoms with E-state index in [0.717, 1.165) is 27.4 Å². The predicted octanol–water partition coefficient (Wildman–Crippen LogP) is 4.51. The lowest BCUT2D eigenvalue weighted by atomic mass is 9.92. The summed E-state index contributed by atoms with van der Waals surface area (Å²) in [6.45, 7) is 6.23. The van der Waals surface area contributed by atoms with E-state index in [4.69, 9.17) is 17.3 Å². The Morgan fingerprint density at radius 1 is 0.941 bits per heavy atom. The van der Waals surface area contributed by atoms with Crippen molar-refractivity contribution in [1.82, 2.24) is 0 Å². The van der Waals surface area contributed by atoms with Crippen molar-refractivity contribution in [3.8, 4) is 11.1 Å². The number of nitrogen functional groups attached to an aromatic ring is 1. The van der Waals surface area contributed by atoms with Gasteiger partial charge in [0.25, 0.3) is 0 Å². The van der Waals surface area contributed by atoms with Crippen LogP contribution >= 0.6 is 11.6 Å². The topological polar surface area (TPSA) is 26.0 Å². The van der Waals surface area contributed by atoms with E-state index in [2.05, 4.69) is 19.9 Å². The van der Waals surface area contributed by atoms with E-state index in [-0.39, 0.29) is 0 Å². The Kier molecular flexibility index (Phi) is 3.12. The Balaban J connectivity index is 2.67. The number of hydrogen-bond acceptors (Lipinski definition) is 1. The molecule has 0 aromatic heterocycles. The summed E-state index contributed by atoms with van der Waals surface area (Å²) < 4.78 is 0. The van der Waals surface area contributed by atoms with E-state index in [0.29, 0.717) is 0 Å². The van der Waals surface area contributed by atoms with E-state index in [9.17, 15) is 0 Å². The van der Waals surface area contributed by atoms with Gasteiger partial charge >= 0.3 is 0 Å². The standard InChI is InChI=1S/C15H16ClN/c1-9-8-10(2)15(17)11(3)14(9)12-4-6-13(16)7-5-12/h4-8H,17H2,1-3H3. The van der Waals surface area contributed by atoms with Gasteiger partial charge in [-0.3, -0.25) is 0 Å². The minimum absolute atomic E-state index is 0.754. The van der Waals surface area contributed by atoms with Gasteiger partial charge in [-0.15, -0.1) is 0 Å². The Morgan fingerprint density at radius 2 is 1.53 bits per heavy atom. The maximum atomic E-state index is 6.09. The van der Waals surface area contributed by atoms with Crippen molar-refractivity contribution in [1.29, 1.82) is 0 Å². The number of rotatable bonds is 1. The van der Waals surface area contributed by atoms with Crippen molar-refractivity contribution in [3.05, 3.63) is 52.0 Å². The second-order valence-electron chi connectivity index (χ2n) is 4.43. The first-order chi connectivity index (χ1) is 8.00. The van der Waals surface area contributed by atoms with Gasteiger partial charge in [-0.2, -0.15) is 0 Å². The minimum atomic E-state index is 0.754. The third-order valence-corrected chi connectivity index (χ3v) is 3.42. The van der Waals surface area contributed by atoms with Crippen LogP contribution in [0.15, 0.2) is 30.3 Å². The molecule has 0 bridgehead atoms. The van der Waals surface area contributed by atoms with Crippen LogP contribution in [0.5, 0.6) is 0 Å².